The number of rotatable bonds is 1. The summed E-state index contributed by atoms with van der Waals surface area (Å²) in [5.74, 6) is 0.746. The van der Waals surface area contributed by atoms with Crippen LogP contribution in [0.4, 0.5) is 0 Å². The van der Waals surface area contributed by atoms with Gasteiger partial charge in [-0.15, -0.1) is 0 Å². The summed E-state index contributed by atoms with van der Waals surface area (Å²) in [6, 6.07) is 15.3. The van der Waals surface area contributed by atoms with E-state index in [0.717, 1.165) is 17.4 Å². The van der Waals surface area contributed by atoms with Crippen molar-refractivity contribution in [1.29, 1.82) is 0 Å². The van der Waals surface area contributed by atoms with Gasteiger partial charge in [0, 0.05) is 5.56 Å². The van der Waals surface area contributed by atoms with Crippen LogP contribution in [0.5, 0.6) is 5.75 Å². The maximum atomic E-state index is 9.52. The Morgan fingerprint density at radius 3 is 2.32 bits per heavy atom. The minimum atomic E-state index is 0.0891. The first-order valence-electron chi connectivity index (χ1n) is 8.79. The second-order valence-corrected chi connectivity index (χ2v) is 6.74. The van der Waals surface area contributed by atoms with E-state index in [9.17, 15) is 5.11 Å². The molecule has 3 heteroatoms. The summed E-state index contributed by atoms with van der Waals surface area (Å²) in [6.45, 7) is 0. The lowest BCUT2D eigenvalue weighted by molar-refractivity contribution is 0.470. The molecule has 25 heavy (non-hydrogen) atoms. The Morgan fingerprint density at radius 2 is 1.48 bits per heavy atom. The number of hydrogen-bond acceptors (Lipinski definition) is 3. The largest absolute Gasteiger partial charge is 0.505 e. The van der Waals surface area contributed by atoms with Crippen LogP contribution in [0.3, 0.4) is 0 Å². The van der Waals surface area contributed by atoms with Gasteiger partial charge in [-0.2, -0.15) is 0 Å². The SMILES string of the molecule is Oc1cnc(-c2cc3c4c(ccc3c3ccccc23)CCCC4)nc1. The van der Waals surface area contributed by atoms with E-state index < -0.39 is 0 Å². The second-order valence-electron chi connectivity index (χ2n) is 6.74. The summed E-state index contributed by atoms with van der Waals surface area (Å²) in [4.78, 5) is 8.71. The summed E-state index contributed by atoms with van der Waals surface area (Å²) in [7, 11) is 0. The molecule has 1 aromatic heterocycles. The smallest absolute Gasteiger partial charge is 0.160 e. The molecule has 0 saturated heterocycles. The molecule has 0 amide bonds. The van der Waals surface area contributed by atoms with Crippen molar-refractivity contribution in [2.24, 2.45) is 0 Å². The van der Waals surface area contributed by atoms with Crippen LogP contribution in [0.1, 0.15) is 24.0 Å². The van der Waals surface area contributed by atoms with Crippen LogP contribution in [0, 0.1) is 0 Å². The fourth-order valence-corrected chi connectivity index (χ4v) is 4.08. The first kappa shape index (κ1) is 14.4. The molecule has 3 aromatic carbocycles. The van der Waals surface area contributed by atoms with Gasteiger partial charge in [-0.25, -0.2) is 9.97 Å². The van der Waals surface area contributed by atoms with E-state index in [2.05, 4.69) is 52.4 Å². The minimum absolute atomic E-state index is 0.0891. The molecular weight excluding hydrogens is 308 g/mol. The van der Waals surface area contributed by atoms with E-state index in [1.165, 1.54) is 58.9 Å². The number of aryl methyl sites for hydroxylation is 2. The highest BCUT2D eigenvalue weighted by atomic mass is 16.3. The Labute approximate surface area is 146 Å². The normalized spacial score (nSPS) is 13.9. The maximum absolute atomic E-state index is 9.52. The van der Waals surface area contributed by atoms with Crippen molar-refractivity contribution in [3.8, 4) is 17.1 Å². The highest BCUT2D eigenvalue weighted by molar-refractivity contribution is 6.14. The van der Waals surface area contributed by atoms with Crippen LogP contribution in [0.25, 0.3) is 32.9 Å². The Balaban J connectivity index is 1.90. The molecule has 122 valence electrons. The van der Waals surface area contributed by atoms with Crippen LogP contribution in [-0.4, -0.2) is 15.1 Å². The van der Waals surface area contributed by atoms with Gasteiger partial charge in [0.25, 0.3) is 0 Å². The predicted molar refractivity (Wildman–Crippen MR) is 101 cm³/mol. The molecule has 0 fully saturated rings. The fraction of sp³-hybridized carbons (Fsp3) is 0.182. The van der Waals surface area contributed by atoms with Crippen LogP contribution in [0.15, 0.2) is 54.9 Å². The van der Waals surface area contributed by atoms with Crippen LogP contribution in [0.2, 0.25) is 0 Å². The third kappa shape index (κ3) is 2.27. The number of aromatic hydroxyl groups is 1. The average Bonchev–Trinajstić information content (AvgIpc) is 2.68. The molecule has 1 heterocycles. The molecule has 0 bridgehead atoms. The Bertz CT molecular complexity index is 1100. The molecule has 1 aliphatic rings. The van der Waals surface area contributed by atoms with E-state index in [0.29, 0.717) is 5.82 Å². The van der Waals surface area contributed by atoms with Gasteiger partial charge in [0.15, 0.2) is 11.6 Å². The quantitative estimate of drug-likeness (QED) is 0.499. The molecular formula is C22H18N2O. The van der Waals surface area contributed by atoms with Gasteiger partial charge < -0.3 is 5.11 Å². The summed E-state index contributed by atoms with van der Waals surface area (Å²) in [6.07, 6.45) is 7.76. The monoisotopic (exact) mass is 326 g/mol. The van der Waals surface area contributed by atoms with E-state index in [4.69, 9.17) is 0 Å². The third-order valence-corrected chi connectivity index (χ3v) is 5.25. The Hall–Kier alpha value is -2.94. The number of fused-ring (bicyclic) bond motifs is 5. The molecule has 0 atom stereocenters. The molecule has 5 rings (SSSR count). The van der Waals surface area contributed by atoms with Crippen LogP contribution >= 0.6 is 0 Å². The number of nitrogens with zero attached hydrogens (tertiary/aromatic N) is 2. The lowest BCUT2D eigenvalue weighted by Crippen LogP contribution is -2.03. The molecule has 1 N–H and O–H groups in total. The zero-order chi connectivity index (χ0) is 16.8. The molecule has 1 aliphatic carbocycles. The van der Waals surface area contributed by atoms with E-state index in [1.54, 1.807) is 0 Å². The fourth-order valence-electron chi connectivity index (χ4n) is 4.08. The number of aromatic nitrogens is 2. The predicted octanol–water partition coefficient (Wildman–Crippen LogP) is 5.03. The zero-order valence-electron chi connectivity index (χ0n) is 13.9. The molecule has 0 saturated carbocycles. The Kier molecular flexibility index (Phi) is 3.20. The van der Waals surface area contributed by atoms with Gasteiger partial charge in [0.05, 0.1) is 12.4 Å². The van der Waals surface area contributed by atoms with Gasteiger partial charge in [0.1, 0.15) is 0 Å². The summed E-state index contributed by atoms with van der Waals surface area (Å²) in [5.41, 5.74) is 3.99. The first-order chi connectivity index (χ1) is 12.3. The van der Waals surface area contributed by atoms with Crippen molar-refractivity contribution >= 4 is 21.5 Å². The van der Waals surface area contributed by atoms with Crippen molar-refractivity contribution in [1.82, 2.24) is 9.97 Å². The molecule has 0 unspecified atom stereocenters. The van der Waals surface area contributed by atoms with Crippen molar-refractivity contribution in [2.75, 3.05) is 0 Å². The maximum Gasteiger partial charge on any atom is 0.160 e. The lowest BCUT2D eigenvalue weighted by atomic mass is 9.85. The van der Waals surface area contributed by atoms with Crippen molar-refractivity contribution in [2.45, 2.75) is 25.7 Å². The van der Waals surface area contributed by atoms with Crippen LogP contribution in [-0.2, 0) is 12.8 Å². The topological polar surface area (TPSA) is 46.0 Å². The highest BCUT2D eigenvalue weighted by Crippen LogP contribution is 2.37. The minimum Gasteiger partial charge on any atom is -0.505 e. The van der Waals surface area contributed by atoms with Gasteiger partial charge in [-0.1, -0.05) is 36.4 Å². The molecule has 4 aromatic rings. The second kappa shape index (κ2) is 5.55. The van der Waals surface area contributed by atoms with E-state index in [1.807, 2.05) is 0 Å². The summed E-state index contributed by atoms with van der Waals surface area (Å²) >= 11 is 0. The van der Waals surface area contributed by atoms with E-state index >= 15 is 0 Å². The zero-order valence-corrected chi connectivity index (χ0v) is 13.9. The van der Waals surface area contributed by atoms with Crippen molar-refractivity contribution in [3.05, 3.63) is 66.0 Å². The number of benzene rings is 3. The summed E-state index contributed by atoms with van der Waals surface area (Å²) in [5, 5.41) is 14.5. The molecule has 0 aliphatic heterocycles. The van der Waals surface area contributed by atoms with Crippen LogP contribution < -0.4 is 0 Å². The molecule has 0 radical (unpaired) electrons. The van der Waals surface area contributed by atoms with Crippen molar-refractivity contribution in [3.63, 3.8) is 0 Å². The molecule has 3 nitrogen and oxygen atoms in total. The van der Waals surface area contributed by atoms with Crippen molar-refractivity contribution < 1.29 is 5.11 Å². The average molecular weight is 326 g/mol. The van der Waals surface area contributed by atoms with Gasteiger partial charge in [-0.05, 0) is 64.4 Å². The molecule has 0 spiro atoms. The van der Waals surface area contributed by atoms with Gasteiger partial charge in [-0.3, -0.25) is 0 Å². The van der Waals surface area contributed by atoms with E-state index in [-0.39, 0.29) is 5.75 Å². The summed E-state index contributed by atoms with van der Waals surface area (Å²) < 4.78 is 0. The highest BCUT2D eigenvalue weighted by Gasteiger charge is 2.16. The van der Waals surface area contributed by atoms with Gasteiger partial charge >= 0.3 is 0 Å². The standard InChI is InChI=1S/C22H18N2O/c25-15-12-23-22(24-13-15)21-11-20-16-6-2-1-5-14(16)9-10-19(20)17-7-3-4-8-18(17)21/h3-4,7-13,25H,1-2,5-6H2. The lowest BCUT2D eigenvalue weighted by Gasteiger charge is -2.20. The van der Waals surface area contributed by atoms with Gasteiger partial charge in [0.2, 0.25) is 0 Å². The first-order valence-corrected chi connectivity index (χ1v) is 8.79. The third-order valence-electron chi connectivity index (χ3n) is 5.25. The number of hydrogen-bond donors (Lipinski definition) is 1. The Morgan fingerprint density at radius 1 is 0.760 bits per heavy atom.